The van der Waals surface area contributed by atoms with Crippen molar-refractivity contribution in [2.75, 3.05) is 12.0 Å². The van der Waals surface area contributed by atoms with Gasteiger partial charge in [0.2, 0.25) is 0 Å². The third-order valence-electron chi connectivity index (χ3n) is 6.55. The molecule has 2 atom stereocenters. The van der Waals surface area contributed by atoms with Crippen molar-refractivity contribution < 1.29 is 42.7 Å². The fourth-order valence-corrected chi connectivity index (χ4v) is 4.92. The van der Waals surface area contributed by atoms with Gasteiger partial charge in [0.15, 0.2) is 0 Å². The average Bonchev–Trinajstić information content (AvgIpc) is 3.49. The molecule has 0 aliphatic carbocycles. The minimum absolute atomic E-state index is 0. The number of rotatable bonds is 13. The van der Waals surface area contributed by atoms with Crippen molar-refractivity contribution in [2.45, 2.75) is 38.5 Å². The summed E-state index contributed by atoms with van der Waals surface area (Å²) in [6.07, 6.45) is 4.29. The molecule has 2 N–H and O–H groups in total. The Labute approximate surface area is 251 Å². The van der Waals surface area contributed by atoms with Crippen molar-refractivity contribution in [3.63, 3.8) is 0 Å². The van der Waals surface area contributed by atoms with Crippen LogP contribution in [0.4, 0.5) is 0 Å². The van der Waals surface area contributed by atoms with Crippen molar-refractivity contribution in [3.05, 3.63) is 119 Å². The molecule has 0 fully saturated rings. The molecular formula is C32H33LiNO5S+. The van der Waals surface area contributed by atoms with Crippen molar-refractivity contribution in [1.82, 2.24) is 5.32 Å². The number of ether oxygens (including phenoxy) is 1. The standard InChI is InChI=1S/C32H33NO5S.Li/c1-22-9-6-7-12-25(22)27-19-24(14-15-26(27)31(34)33-28(32(35)36)16-18-39-2)21-38-30(29-13-8-17-37-29)20-23-10-4-3-5-11-23;/h3-15,17,19,28,30H,16,18,20-21H2,1-2H3,(H,33,34)(H,35,36);/q;+1. The van der Waals surface area contributed by atoms with E-state index in [9.17, 15) is 14.7 Å². The van der Waals surface area contributed by atoms with Gasteiger partial charge >= 0.3 is 24.8 Å². The number of thioether (sulfide) groups is 1. The number of furan rings is 1. The number of carboxylic acids is 1. The minimum Gasteiger partial charge on any atom is -0.480 e. The van der Waals surface area contributed by atoms with Crippen molar-refractivity contribution in [1.29, 1.82) is 0 Å². The molecule has 8 heteroatoms. The SMILES string of the molecule is CSCCC(NC(=O)c1ccc(COC(Cc2ccccc2)c2ccco2)cc1-c1ccccc1C)C(=O)O.[Li+]. The van der Waals surface area contributed by atoms with Gasteiger partial charge in [-0.05, 0) is 77.4 Å². The van der Waals surface area contributed by atoms with Gasteiger partial charge in [0.1, 0.15) is 17.9 Å². The monoisotopic (exact) mass is 550 g/mol. The van der Waals surface area contributed by atoms with Crippen molar-refractivity contribution in [3.8, 4) is 11.1 Å². The molecule has 0 aliphatic rings. The van der Waals surface area contributed by atoms with Gasteiger partial charge in [0, 0.05) is 12.0 Å². The molecular weight excluding hydrogens is 517 g/mol. The summed E-state index contributed by atoms with van der Waals surface area (Å²) in [6, 6.07) is 26.3. The predicted octanol–water partition coefficient (Wildman–Crippen LogP) is 3.70. The summed E-state index contributed by atoms with van der Waals surface area (Å²) in [5.74, 6) is -0.0641. The average molecular weight is 551 g/mol. The fourth-order valence-electron chi connectivity index (χ4n) is 4.45. The molecule has 6 nitrogen and oxygen atoms in total. The third-order valence-corrected chi connectivity index (χ3v) is 7.20. The first kappa shape index (κ1) is 31.3. The van der Waals surface area contributed by atoms with Crippen LogP contribution in [-0.2, 0) is 22.6 Å². The summed E-state index contributed by atoms with van der Waals surface area (Å²) in [5.41, 5.74) is 5.12. The van der Waals surface area contributed by atoms with E-state index in [2.05, 4.69) is 17.4 Å². The number of nitrogens with one attached hydrogen (secondary N) is 1. The fraction of sp³-hybridized carbons (Fsp3) is 0.250. The quantitative estimate of drug-likeness (QED) is 0.247. The largest absolute Gasteiger partial charge is 1.00 e. The second-order valence-corrected chi connectivity index (χ2v) is 10.3. The molecule has 0 saturated carbocycles. The summed E-state index contributed by atoms with van der Waals surface area (Å²) in [4.78, 5) is 25.1. The zero-order valence-corrected chi connectivity index (χ0v) is 23.9. The van der Waals surface area contributed by atoms with Gasteiger partial charge < -0.3 is 19.6 Å². The van der Waals surface area contributed by atoms with Crippen LogP contribution >= 0.6 is 11.8 Å². The van der Waals surface area contributed by atoms with E-state index in [0.29, 0.717) is 30.8 Å². The zero-order chi connectivity index (χ0) is 27.6. The molecule has 40 heavy (non-hydrogen) atoms. The number of aliphatic carboxylic acids is 1. The summed E-state index contributed by atoms with van der Waals surface area (Å²) < 4.78 is 12.0. The van der Waals surface area contributed by atoms with E-state index in [1.165, 1.54) is 0 Å². The molecule has 0 spiro atoms. The van der Waals surface area contributed by atoms with Crippen LogP contribution in [-0.4, -0.2) is 35.0 Å². The molecule has 1 heterocycles. The molecule has 1 aromatic heterocycles. The number of benzene rings is 3. The molecule has 4 rings (SSSR count). The second-order valence-electron chi connectivity index (χ2n) is 9.35. The van der Waals surface area contributed by atoms with Gasteiger partial charge in [-0.3, -0.25) is 4.79 Å². The zero-order valence-electron chi connectivity index (χ0n) is 23.1. The van der Waals surface area contributed by atoms with Crippen LogP contribution in [0.25, 0.3) is 11.1 Å². The van der Waals surface area contributed by atoms with Gasteiger partial charge in [0.05, 0.1) is 12.9 Å². The molecule has 0 aliphatic heterocycles. The maximum Gasteiger partial charge on any atom is 1.00 e. The van der Waals surface area contributed by atoms with Crippen molar-refractivity contribution in [2.24, 2.45) is 0 Å². The summed E-state index contributed by atoms with van der Waals surface area (Å²) in [5, 5.41) is 12.3. The molecule has 0 saturated heterocycles. The van der Waals surface area contributed by atoms with Crippen LogP contribution < -0.4 is 24.2 Å². The first-order chi connectivity index (χ1) is 19.0. The van der Waals surface area contributed by atoms with Crippen LogP contribution in [0.2, 0.25) is 0 Å². The van der Waals surface area contributed by atoms with Gasteiger partial charge in [-0.25, -0.2) is 4.79 Å². The van der Waals surface area contributed by atoms with Gasteiger partial charge in [-0.15, -0.1) is 0 Å². The number of carboxylic acid groups (broad SMARTS) is 1. The van der Waals surface area contributed by atoms with Crippen LogP contribution in [0.3, 0.4) is 0 Å². The summed E-state index contributed by atoms with van der Waals surface area (Å²) in [6.45, 7) is 2.30. The van der Waals surface area contributed by atoms with E-state index in [-0.39, 0.29) is 25.0 Å². The van der Waals surface area contributed by atoms with Crippen LogP contribution in [0.15, 0.2) is 95.6 Å². The van der Waals surface area contributed by atoms with Crippen LogP contribution in [0, 0.1) is 6.92 Å². The van der Waals surface area contributed by atoms with Crippen molar-refractivity contribution >= 4 is 23.6 Å². The maximum atomic E-state index is 13.3. The molecule has 2 unspecified atom stereocenters. The summed E-state index contributed by atoms with van der Waals surface area (Å²) in [7, 11) is 0. The van der Waals surface area contributed by atoms with E-state index in [1.807, 2.05) is 79.9 Å². The summed E-state index contributed by atoms with van der Waals surface area (Å²) >= 11 is 1.55. The number of aryl methyl sites for hydroxylation is 1. The Morgan fingerprint density at radius 1 is 0.950 bits per heavy atom. The number of carbonyl (C=O) groups is 2. The van der Waals surface area contributed by atoms with Gasteiger partial charge in [-0.1, -0.05) is 60.7 Å². The second kappa shape index (κ2) is 15.5. The topological polar surface area (TPSA) is 88.8 Å². The Morgan fingerprint density at radius 2 is 1.70 bits per heavy atom. The maximum absolute atomic E-state index is 13.3. The molecule has 0 radical (unpaired) electrons. The first-order valence-electron chi connectivity index (χ1n) is 12.9. The Hall–Kier alpha value is -3.21. The van der Waals surface area contributed by atoms with E-state index >= 15 is 0 Å². The molecule has 202 valence electrons. The van der Waals surface area contributed by atoms with Crippen LogP contribution in [0.1, 0.15) is 45.3 Å². The number of carbonyl (C=O) groups excluding carboxylic acids is 1. The Kier molecular flexibility index (Phi) is 12.2. The molecule has 4 aromatic rings. The normalized spacial score (nSPS) is 12.2. The van der Waals surface area contributed by atoms with E-state index in [4.69, 9.17) is 9.15 Å². The van der Waals surface area contributed by atoms with Crippen LogP contribution in [0.5, 0.6) is 0 Å². The van der Waals surface area contributed by atoms with E-state index in [0.717, 1.165) is 33.6 Å². The predicted molar refractivity (Wildman–Crippen MR) is 155 cm³/mol. The number of hydrogen-bond acceptors (Lipinski definition) is 5. The van der Waals surface area contributed by atoms with Gasteiger partial charge in [-0.2, -0.15) is 11.8 Å². The number of hydrogen-bond donors (Lipinski definition) is 2. The number of amides is 1. The third kappa shape index (κ3) is 8.39. The van der Waals surface area contributed by atoms with E-state index < -0.39 is 17.9 Å². The molecule has 3 aromatic carbocycles. The molecule has 0 bridgehead atoms. The Morgan fingerprint density at radius 3 is 2.38 bits per heavy atom. The smallest absolute Gasteiger partial charge is 0.480 e. The minimum atomic E-state index is -1.04. The van der Waals surface area contributed by atoms with E-state index in [1.54, 1.807) is 24.1 Å². The van der Waals surface area contributed by atoms with Gasteiger partial charge in [0.25, 0.3) is 5.91 Å². The molecule has 1 amide bonds. The Bertz CT molecular complexity index is 1380. The first-order valence-corrected chi connectivity index (χ1v) is 14.3. The Balaban J connectivity index is 0.00000441.